The molecule has 10 aromatic rings. The van der Waals surface area contributed by atoms with Crippen LogP contribution in [0.3, 0.4) is 0 Å². The van der Waals surface area contributed by atoms with E-state index in [9.17, 15) is 0 Å². The number of hydrogen-bond donors (Lipinski definition) is 0. The number of rotatable bonds is 5. The van der Waals surface area contributed by atoms with Crippen LogP contribution in [-0.4, -0.2) is 9.13 Å². The highest BCUT2D eigenvalue weighted by molar-refractivity contribution is 6.12. The summed E-state index contributed by atoms with van der Waals surface area (Å²) in [7, 11) is 0. The minimum Gasteiger partial charge on any atom is -0.309 e. The Morgan fingerprint density at radius 3 is 1.24 bits per heavy atom. The lowest BCUT2D eigenvalue weighted by molar-refractivity contribution is 1.18. The summed E-state index contributed by atoms with van der Waals surface area (Å²) < 4.78 is 4.87. The summed E-state index contributed by atoms with van der Waals surface area (Å²) in [6.45, 7) is 0. The van der Waals surface area contributed by atoms with Gasteiger partial charge in [0, 0.05) is 38.4 Å². The predicted molar refractivity (Wildman–Crippen MR) is 211 cm³/mol. The van der Waals surface area contributed by atoms with Gasteiger partial charge in [0.25, 0.3) is 0 Å². The quantitative estimate of drug-likeness (QED) is 0.178. The van der Waals surface area contributed by atoms with Crippen LogP contribution in [0.15, 0.2) is 194 Å². The first-order valence-corrected chi connectivity index (χ1v) is 17.2. The van der Waals surface area contributed by atoms with Crippen LogP contribution in [0.25, 0.3) is 88.4 Å². The third-order valence-corrected chi connectivity index (χ3v) is 10.1. The fourth-order valence-electron chi connectivity index (χ4n) is 7.88. The topological polar surface area (TPSA) is 9.86 Å². The molecule has 0 aliphatic heterocycles. The van der Waals surface area contributed by atoms with Crippen LogP contribution < -0.4 is 0 Å². The molecule has 8 aromatic carbocycles. The summed E-state index contributed by atoms with van der Waals surface area (Å²) in [6.07, 6.45) is 0. The van der Waals surface area contributed by atoms with Gasteiger partial charge < -0.3 is 9.13 Å². The van der Waals surface area contributed by atoms with Gasteiger partial charge >= 0.3 is 0 Å². The van der Waals surface area contributed by atoms with Crippen molar-refractivity contribution in [2.45, 2.75) is 0 Å². The van der Waals surface area contributed by atoms with Gasteiger partial charge in [0.1, 0.15) is 0 Å². The molecule has 2 nitrogen and oxygen atoms in total. The molecule has 0 spiro atoms. The van der Waals surface area contributed by atoms with E-state index in [1.807, 2.05) is 0 Å². The van der Waals surface area contributed by atoms with Gasteiger partial charge in [-0.25, -0.2) is 0 Å². The number of nitrogens with zero attached hydrogens (tertiary/aromatic N) is 2. The first kappa shape index (κ1) is 28.4. The van der Waals surface area contributed by atoms with Crippen LogP contribution in [-0.2, 0) is 0 Å². The van der Waals surface area contributed by atoms with Crippen LogP contribution in [0.1, 0.15) is 0 Å². The summed E-state index contributed by atoms with van der Waals surface area (Å²) in [6, 6.07) is 70.4. The van der Waals surface area contributed by atoms with Crippen LogP contribution in [0.2, 0.25) is 0 Å². The molecule has 0 unspecified atom stereocenters. The van der Waals surface area contributed by atoms with Gasteiger partial charge in [-0.2, -0.15) is 0 Å². The molecular weight excluding hydrogens is 605 g/mol. The first-order chi connectivity index (χ1) is 24.8. The molecule has 0 aliphatic rings. The maximum Gasteiger partial charge on any atom is 0.0618 e. The number of benzene rings is 8. The van der Waals surface area contributed by atoms with Crippen LogP contribution in [0.4, 0.5) is 0 Å². The average molecular weight is 637 g/mol. The minimum atomic E-state index is 1.16. The molecule has 0 atom stereocenters. The van der Waals surface area contributed by atoms with Crippen LogP contribution >= 0.6 is 0 Å². The van der Waals surface area contributed by atoms with Crippen LogP contribution in [0, 0.1) is 0 Å². The smallest absolute Gasteiger partial charge is 0.0618 e. The molecular formula is C48H32N2. The number of fused-ring (bicyclic) bond motifs is 6. The van der Waals surface area contributed by atoms with Gasteiger partial charge in [-0.3, -0.25) is 0 Å². The van der Waals surface area contributed by atoms with Gasteiger partial charge in [-0.15, -0.1) is 0 Å². The standard InChI is InChI=1S/C48H32N2/c1-3-14-34(15-4-1)38-21-13-22-39(35-16-5-2-6-17-35)48(38)50-46-25-12-9-20-42(46)43-31-28-36(32-47(43)50)33-26-29-37(30-27-33)49-44-23-10-7-18-40(44)41-19-8-11-24-45(41)49/h1-32H. The Hall–Kier alpha value is -6.64. The third-order valence-electron chi connectivity index (χ3n) is 10.1. The molecule has 0 bridgehead atoms. The van der Waals surface area contributed by atoms with E-state index in [0.717, 1.165) is 5.69 Å². The zero-order valence-electron chi connectivity index (χ0n) is 27.4. The van der Waals surface area contributed by atoms with Crippen molar-refractivity contribution >= 4 is 43.6 Å². The fraction of sp³-hybridized carbons (Fsp3) is 0. The van der Waals surface area contributed by atoms with Crippen molar-refractivity contribution in [3.8, 4) is 44.8 Å². The van der Waals surface area contributed by atoms with E-state index >= 15 is 0 Å². The van der Waals surface area contributed by atoms with Crippen molar-refractivity contribution in [3.05, 3.63) is 194 Å². The van der Waals surface area contributed by atoms with Crippen molar-refractivity contribution in [3.63, 3.8) is 0 Å². The van der Waals surface area contributed by atoms with Gasteiger partial charge in [-0.1, -0.05) is 158 Å². The van der Waals surface area contributed by atoms with Gasteiger partial charge in [0.15, 0.2) is 0 Å². The fourth-order valence-corrected chi connectivity index (χ4v) is 7.88. The molecule has 2 heterocycles. The Bertz CT molecular complexity index is 2730. The Kier molecular flexibility index (Phi) is 6.53. The van der Waals surface area contributed by atoms with E-state index < -0.39 is 0 Å². The van der Waals surface area contributed by atoms with Gasteiger partial charge in [-0.05, 0) is 58.7 Å². The van der Waals surface area contributed by atoms with Crippen LogP contribution in [0.5, 0.6) is 0 Å². The van der Waals surface area contributed by atoms with E-state index in [-0.39, 0.29) is 0 Å². The summed E-state index contributed by atoms with van der Waals surface area (Å²) in [5.41, 5.74) is 14.4. The highest BCUT2D eigenvalue weighted by atomic mass is 15.0. The molecule has 10 rings (SSSR count). The van der Waals surface area contributed by atoms with Crippen molar-refractivity contribution in [2.75, 3.05) is 0 Å². The molecule has 0 amide bonds. The molecule has 2 heteroatoms. The monoisotopic (exact) mass is 636 g/mol. The second-order valence-corrected chi connectivity index (χ2v) is 12.9. The zero-order valence-corrected chi connectivity index (χ0v) is 27.4. The van der Waals surface area contributed by atoms with Crippen molar-refractivity contribution in [1.82, 2.24) is 9.13 Å². The van der Waals surface area contributed by atoms with Crippen molar-refractivity contribution in [1.29, 1.82) is 0 Å². The van der Waals surface area contributed by atoms with E-state index in [4.69, 9.17) is 0 Å². The van der Waals surface area contributed by atoms with Gasteiger partial charge in [0.05, 0.1) is 27.8 Å². The normalized spacial score (nSPS) is 11.6. The highest BCUT2D eigenvalue weighted by Crippen LogP contribution is 2.42. The predicted octanol–water partition coefficient (Wildman–Crippen LogP) is 12.9. The molecule has 2 aromatic heterocycles. The largest absolute Gasteiger partial charge is 0.309 e. The molecule has 0 saturated carbocycles. The van der Waals surface area contributed by atoms with Crippen molar-refractivity contribution in [2.24, 2.45) is 0 Å². The Balaban J connectivity index is 1.19. The van der Waals surface area contributed by atoms with E-state index in [2.05, 4.69) is 203 Å². The van der Waals surface area contributed by atoms with E-state index in [1.54, 1.807) is 0 Å². The molecule has 234 valence electrons. The SMILES string of the molecule is c1ccc(-c2cccc(-c3ccccc3)c2-n2c3ccccc3c3ccc(-c4ccc(-n5c6ccccc6c6ccccc65)cc4)cc32)cc1. The summed E-state index contributed by atoms with van der Waals surface area (Å²) >= 11 is 0. The third kappa shape index (κ3) is 4.43. The second kappa shape index (κ2) is 11.5. The Morgan fingerprint density at radius 2 is 0.700 bits per heavy atom. The molecule has 0 N–H and O–H groups in total. The lowest BCUT2D eigenvalue weighted by Crippen LogP contribution is -2.00. The molecule has 0 saturated heterocycles. The second-order valence-electron chi connectivity index (χ2n) is 12.9. The van der Waals surface area contributed by atoms with Crippen molar-refractivity contribution < 1.29 is 0 Å². The first-order valence-electron chi connectivity index (χ1n) is 17.2. The maximum atomic E-state index is 2.49. The molecule has 0 radical (unpaired) electrons. The number of aromatic nitrogens is 2. The zero-order chi connectivity index (χ0) is 33.0. The highest BCUT2D eigenvalue weighted by Gasteiger charge is 2.20. The summed E-state index contributed by atoms with van der Waals surface area (Å²) in [5, 5.41) is 5.04. The lowest BCUT2D eigenvalue weighted by atomic mass is 9.95. The molecule has 0 fully saturated rings. The summed E-state index contributed by atoms with van der Waals surface area (Å²) in [4.78, 5) is 0. The average Bonchev–Trinajstić information content (AvgIpc) is 3.71. The Labute approximate surface area is 290 Å². The number of hydrogen-bond acceptors (Lipinski definition) is 0. The maximum absolute atomic E-state index is 2.49. The molecule has 50 heavy (non-hydrogen) atoms. The molecule has 0 aliphatic carbocycles. The number of para-hydroxylation sites is 4. The van der Waals surface area contributed by atoms with Gasteiger partial charge in [0.2, 0.25) is 0 Å². The Morgan fingerprint density at radius 1 is 0.260 bits per heavy atom. The van der Waals surface area contributed by atoms with E-state index in [1.165, 1.54) is 82.7 Å². The lowest BCUT2D eigenvalue weighted by Gasteiger charge is -2.19. The minimum absolute atomic E-state index is 1.16. The van der Waals surface area contributed by atoms with E-state index in [0.29, 0.717) is 0 Å². The summed E-state index contributed by atoms with van der Waals surface area (Å²) in [5.74, 6) is 0.